The molecule has 0 saturated carbocycles. The zero-order chi connectivity index (χ0) is 15.3. The van der Waals surface area contributed by atoms with E-state index in [4.69, 9.17) is 0 Å². The summed E-state index contributed by atoms with van der Waals surface area (Å²) in [5, 5.41) is 20.1. The lowest BCUT2D eigenvalue weighted by Crippen LogP contribution is -2.27. The molecule has 2 unspecified atom stereocenters. The Labute approximate surface area is 116 Å². The minimum atomic E-state index is -4.78. The van der Waals surface area contributed by atoms with E-state index in [0.29, 0.717) is 12.8 Å². The Kier molecular flexibility index (Phi) is 5.83. The highest BCUT2D eigenvalue weighted by molar-refractivity contribution is 5.30. The van der Waals surface area contributed by atoms with Gasteiger partial charge in [-0.3, -0.25) is 0 Å². The van der Waals surface area contributed by atoms with Gasteiger partial charge in [0.05, 0.1) is 6.10 Å². The average Bonchev–Trinajstić information content (AvgIpc) is 2.37. The minimum absolute atomic E-state index is 0.114. The zero-order valence-corrected chi connectivity index (χ0v) is 11.4. The monoisotopic (exact) mass is 292 g/mol. The van der Waals surface area contributed by atoms with Crippen LogP contribution in [0.15, 0.2) is 24.3 Å². The van der Waals surface area contributed by atoms with Gasteiger partial charge in [0, 0.05) is 0 Å². The van der Waals surface area contributed by atoms with Crippen molar-refractivity contribution in [3.8, 4) is 5.75 Å². The third kappa shape index (κ3) is 4.68. The van der Waals surface area contributed by atoms with Crippen molar-refractivity contribution >= 4 is 0 Å². The molecule has 0 fully saturated rings. The SMILES string of the molecule is CCC(CC)C(O)C(O)c1cccc(OC(F)(F)F)c1. The summed E-state index contributed by atoms with van der Waals surface area (Å²) in [4.78, 5) is 0. The molecule has 1 rings (SSSR count). The molecular weight excluding hydrogens is 273 g/mol. The Morgan fingerprint density at radius 2 is 1.75 bits per heavy atom. The molecule has 0 heterocycles. The normalized spacial score (nSPS) is 15.2. The van der Waals surface area contributed by atoms with Crippen molar-refractivity contribution in [3.63, 3.8) is 0 Å². The first-order valence-corrected chi connectivity index (χ1v) is 6.50. The summed E-state index contributed by atoms with van der Waals surface area (Å²) in [6.07, 6.45) is -5.69. The fraction of sp³-hybridized carbons (Fsp3) is 0.571. The van der Waals surface area contributed by atoms with Crippen molar-refractivity contribution in [3.05, 3.63) is 29.8 Å². The van der Waals surface area contributed by atoms with Crippen LogP contribution in [-0.2, 0) is 0 Å². The van der Waals surface area contributed by atoms with Gasteiger partial charge in [-0.15, -0.1) is 13.2 Å². The molecule has 0 aliphatic carbocycles. The maximum absolute atomic E-state index is 12.1. The summed E-state index contributed by atoms with van der Waals surface area (Å²) in [6.45, 7) is 3.76. The van der Waals surface area contributed by atoms with Crippen molar-refractivity contribution in [2.45, 2.75) is 45.3 Å². The third-order valence-corrected chi connectivity index (χ3v) is 3.29. The summed E-state index contributed by atoms with van der Waals surface area (Å²) in [6, 6.07) is 5.04. The van der Waals surface area contributed by atoms with Gasteiger partial charge < -0.3 is 14.9 Å². The second-order valence-corrected chi connectivity index (χ2v) is 4.63. The van der Waals surface area contributed by atoms with Crippen molar-refractivity contribution in [1.29, 1.82) is 0 Å². The molecule has 0 radical (unpaired) electrons. The Morgan fingerprint density at radius 3 is 2.25 bits per heavy atom. The Bertz CT molecular complexity index is 416. The first-order valence-electron chi connectivity index (χ1n) is 6.50. The summed E-state index contributed by atoms with van der Waals surface area (Å²) < 4.78 is 40.2. The van der Waals surface area contributed by atoms with Crippen molar-refractivity contribution in [1.82, 2.24) is 0 Å². The van der Waals surface area contributed by atoms with Gasteiger partial charge >= 0.3 is 6.36 Å². The average molecular weight is 292 g/mol. The van der Waals surface area contributed by atoms with Gasteiger partial charge in [0.15, 0.2) is 0 Å². The molecule has 2 N–H and O–H groups in total. The molecule has 0 amide bonds. The molecule has 0 aliphatic rings. The lowest BCUT2D eigenvalue weighted by molar-refractivity contribution is -0.274. The number of aliphatic hydroxyl groups excluding tert-OH is 2. The number of hydrogen-bond donors (Lipinski definition) is 2. The topological polar surface area (TPSA) is 49.7 Å². The van der Waals surface area contributed by atoms with Crippen LogP contribution in [0.1, 0.15) is 38.4 Å². The number of aliphatic hydroxyl groups is 2. The number of hydrogen-bond acceptors (Lipinski definition) is 3. The van der Waals surface area contributed by atoms with E-state index in [2.05, 4.69) is 4.74 Å². The molecule has 0 spiro atoms. The van der Waals surface area contributed by atoms with Crippen molar-refractivity contribution in [2.24, 2.45) is 5.92 Å². The molecule has 6 heteroatoms. The molecular formula is C14H19F3O3. The molecule has 20 heavy (non-hydrogen) atoms. The Morgan fingerprint density at radius 1 is 1.15 bits per heavy atom. The standard InChI is InChI=1S/C14H19F3O3/c1-3-9(4-2)12(18)13(19)10-6-5-7-11(8-10)20-14(15,16)17/h5-9,12-13,18-19H,3-4H2,1-2H3. The van der Waals surface area contributed by atoms with Crippen LogP contribution in [0.4, 0.5) is 13.2 Å². The van der Waals surface area contributed by atoms with E-state index >= 15 is 0 Å². The van der Waals surface area contributed by atoms with Crippen molar-refractivity contribution < 1.29 is 28.1 Å². The van der Waals surface area contributed by atoms with Gasteiger partial charge in [-0.05, 0) is 23.6 Å². The van der Waals surface area contributed by atoms with Crippen LogP contribution in [-0.4, -0.2) is 22.7 Å². The van der Waals surface area contributed by atoms with E-state index < -0.39 is 24.3 Å². The second-order valence-electron chi connectivity index (χ2n) is 4.63. The highest BCUT2D eigenvalue weighted by atomic mass is 19.4. The van der Waals surface area contributed by atoms with Crippen LogP contribution in [0.5, 0.6) is 5.75 Å². The van der Waals surface area contributed by atoms with Crippen LogP contribution >= 0.6 is 0 Å². The number of ether oxygens (including phenoxy) is 1. The molecule has 1 aromatic rings. The third-order valence-electron chi connectivity index (χ3n) is 3.29. The highest BCUT2D eigenvalue weighted by Gasteiger charge is 2.32. The first kappa shape index (κ1) is 16.8. The van der Waals surface area contributed by atoms with Crippen LogP contribution in [0.25, 0.3) is 0 Å². The molecule has 1 aromatic carbocycles. The first-order chi connectivity index (χ1) is 9.28. The number of rotatable bonds is 6. The second kappa shape index (κ2) is 6.95. The number of halogens is 3. The lowest BCUT2D eigenvalue weighted by atomic mass is 9.90. The van der Waals surface area contributed by atoms with Crippen LogP contribution in [0.3, 0.4) is 0 Å². The van der Waals surface area contributed by atoms with E-state index in [0.717, 1.165) is 12.1 Å². The fourth-order valence-electron chi connectivity index (χ4n) is 2.12. The van der Waals surface area contributed by atoms with Crippen LogP contribution in [0, 0.1) is 5.92 Å². The van der Waals surface area contributed by atoms with E-state index in [1.165, 1.54) is 12.1 Å². The van der Waals surface area contributed by atoms with E-state index in [1.54, 1.807) is 0 Å². The summed E-state index contributed by atoms with van der Waals surface area (Å²) in [7, 11) is 0. The molecule has 0 bridgehead atoms. The van der Waals surface area contributed by atoms with Gasteiger partial charge in [0.25, 0.3) is 0 Å². The van der Waals surface area contributed by atoms with E-state index in [-0.39, 0.29) is 11.5 Å². The lowest BCUT2D eigenvalue weighted by Gasteiger charge is -2.25. The molecule has 114 valence electrons. The van der Waals surface area contributed by atoms with E-state index in [9.17, 15) is 23.4 Å². The Balaban J connectivity index is 2.88. The maximum atomic E-state index is 12.1. The summed E-state index contributed by atoms with van der Waals surface area (Å²) in [5.41, 5.74) is 0.200. The molecule has 0 aliphatic heterocycles. The maximum Gasteiger partial charge on any atom is 0.573 e. The molecule has 3 nitrogen and oxygen atoms in total. The smallest absolute Gasteiger partial charge is 0.406 e. The summed E-state index contributed by atoms with van der Waals surface area (Å²) in [5.74, 6) is -0.525. The van der Waals surface area contributed by atoms with Gasteiger partial charge in [-0.2, -0.15) is 0 Å². The summed E-state index contributed by atoms with van der Waals surface area (Å²) >= 11 is 0. The molecule has 0 aromatic heterocycles. The predicted octanol–water partition coefficient (Wildman–Crippen LogP) is 3.42. The molecule has 2 atom stereocenters. The van der Waals surface area contributed by atoms with Crippen LogP contribution < -0.4 is 4.74 Å². The van der Waals surface area contributed by atoms with Gasteiger partial charge in [-0.25, -0.2) is 0 Å². The molecule has 0 saturated heterocycles. The van der Waals surface area contributed by atoms with E-state index in [1.807, 2.05) is 13.8 Å². The van der Waals surface area contributed by atoms with Gasteiger partial charge in [0.2, 0.25) is 0 Å². The number of benzene rings is 1. The zero-order valence-electron chi connectivity index (χ0n) is 11.4. The van der Waals surface area contributed by atoms with Gasteiger partial charge in [0.1, 0.15) is 11.9 Å². The quantitative estimate of drug-likeness (QED) is 0.844. The Hall–Kier alpha value is -1.27. The van der Waals surface area contributed by atoms with Gasteiger partial charge in [-0.1, -0.05) is 38.8 Å². The highest BCUT2D eigenvalue weighted by Crippen LogP contribution is 2.29. The largest absolute Gasteiger partial charge is 0.573 e. The fourth-order valence-corrected chi connectivity index (χ4v) is 2.12. The van der Waals surface area contributed by atoms with Crippen LogP contribution in [0.2, 0.25) is 0 Å². The number of alkyl halides is 3. The predicted molar refractivity (Wildman–Crippen MR) is 68.2 cm³/mol. The van der Waals surface area contributed by atoms with Crippen molar-refractivity contribution in [2.75, 3.05) is 0 Å². The minimum Gasteiger partial charge on any atom is -0.406 e.